The fraction of sp³-hybridized carbons (Fsp3) is 0.333. The number of hydrogen-bond acceptors (Lipinski definition) is 3. The van der Waals surface area contributed by atoms with Crippen molar-refractivity contribution >= 4 is 5.91 Å². The van der Waals surface area contributed by atoms with Crippen molar-refractivity contribution < 1.29 is 9.53 Å². The lowest BCUT2D eigenvalue weighted by Gasteiger charge is -2.13. The molecule has 1 aromatic rings. The first-order chi connectivity index (χ1) is 7.67. The van der Waals surface area contributed by atoms with Gasteiger partial charge < -0.3 is 9.64 Å². The zero-order chi connectivity index (χ0) is 12.0. The zero-order valence-corrected chi connectivity index (χ0v) is 9.43. The van der Waals surface area contributed by atoms with Crippen molar-refractivity contribution in [3.05, 3.63) is 29.8 Å². The lowest BCUT2D eigenvalue weighted by Crippen LogP contribution is -2.24. The van der Waals surface area contributed by atoms with Crippen molar-refractivity contribution in [3.63, 3.8) is 0 Å². The molecule has 1 amide bonds. The average molecular weight is 218 g/mol. The van der Waals surface area contributed by atoms with Crippen LogP contribution in [0.2, 0.25) is 0 Å². The number of amides is 1. The number of carbonyl (C=O) groups is 1. The van der Waals surface area contributed by atoms with Crippen molar-refractivity contribution in [2.24, 2.45) is 0 Å². The normalized spacial score (nSPS) is 9.31. The smallest absolute Gasteiger partial charge is 0.325 e. The van der Waals surface area contributed by atoms with E-state index in [4.69, 9.17) is 10.00 Å². The molecule has 0 unspecified atom stereocenters. The van der Waals surface area contributed by atoms with Crippen LogP contribution >= 0.6 is 0 Å². The molecule has 0 aromatic heterocycles. The van der Waals surface area contributed by atoms with E-state index in [1.807, 2.05) is 31.2 Å². The van der Waals surface area contributed by atoms with E-state index in [2.05, 4.69) is 0 Å². The van der Waals surface area contributed by atoms with E-state index in [1.54, 1.807) is 13.1 Å². The first kappa shape index (κ1) is 12.1. The van der Waals surface area contributed by atoms with Gasteiger partial charge in [-0.2, -0.15) is 5.26 Å². The highest BCUT2D eigenvalue weighted by Gasteiger charge is 2.07. The van der Waals surface area contributed by atoms with E-state index in [0.29, 0.717) is 13.2 Å². The molecule has 0 N–H and O–H groups in total. The third-order valence-electron chi connectivity index (χ3n) is 2.10. The summed E-state index contributed by atoms with van der Waals surface area (Å²) >= 11 is 0. The summed E-state index contributed by atoms with van der Waals surface area (Å²) in [6.07, 6.45) is 0. The summed E-state index contributed by atoms with van der Waals surface area (Å²) < 4.78 is 5.30. The van der Waals surface area contributed by atoms with E-state index < -0.39 is 5.91 Å². The Morgan fingerprint density at radius 1 is 1.44 bits per heavy atom. The summed E-state index contributed by atoms with van der Waals surface area (Å²) in [7, 11) is 1.60. The Balaban J connectivity index is 2.62. The summed E-state index contributed by atoms with van der Waals surface area (Å²) in [5, 5.41) is 8.44. The van der Waals surface area contributed by atoms with Gasteiger partial charge in [0.1, 0.15) is 5.75 Å². The molecule has 0 saturated carbocycles. The minimum Gasteiger partial charge on any atom is -0.494 e. The maximum absolute atomic E-state index is 11.0. The Hall–Kier alpha value is -2.02. The molecule has 0 fully saturated rings. The lowest BCUT2D eigenvalue weighted by molar-refractivity contribution is -0.124. The quantitative estimate of drug-likeness (QED) is 0.721. The Labute approximate surface area is 95.0 Å². The monoisotopic (exact) mass is 218 g/mol. The van der Waals surface area contributed by atoms with Crippen molar-refractivity contribution in [1.29, 1.82) is 5.26 Å². The second-order valence-electron chi connectivity index (χ2n) is 3.35. The number of nitrogens with zero attached hydrogens (tertiary/aromatic N) is 2. The van der Waals surface area contributed by atoms with E-state index in [0.717, 1.165) is 11.3 Å². The number of benzene rings is 1. The molecule has 0 bridgehead atoms. The highest BCUT2D eigenvalue weighted by atomic mass is 16.5. The van der Waals surface area contributed by atoms with Gasteiger partial charge in [-0.1, -0.05) is 12.1 Å². The number of nitriles is 1. The van der Waals surface area contributed by atoms with E-state index in [1.165, 1.54) is 4.90 Å². The molecule has 0 spiro atoms. The number of rotatable bonds is 4. The first-order valence-corrected chi connectivity index (χ1v) is 5.04. The van der Waals surface area contributed by atoms with Crippen LogP contribution in [0.4, 0.5) is 0 Å². The van der Waals surface area contributed by atoms with Gasteiger partial charge in [0, 0.05) is 13.6 Å². The molecule has 4 heteroatoms. The summed E-state index contributed by atoms with van der Waals surface area (Å²) in [5.41, 5.74) is 0.967. The highest BCUT2D eigenvalue weighted by molar-refractivity contribution is 5.90. The van der Waals surface area contributed by atoms with Gasteiger partial charge in [0.15, 0.2) is 6.07 Å². The fourth-order valence-corrected chi connectivity index (χ4v) is 1.29. The van der Waals surface area contributed by atoms with Crippen molar-refractivity contribution in [1.82, 2.24) is 4.90 Å². The molecule has 0 atom stereocenters. The van der Waals surface area contributed by atoms with Crippen LogP contribution in [0.25, 0.3) is 0 Å². The second-order valence-corrected chi connectivity index (χ2v) is 3.35. The van der Waals surface area contributed by atoms with Gasteiger partial charge in [-0.3, -0.25) is 4.79 Å². The fourth-order valence-electron chi connectivity index (χ4n) is 1.29. The number of hydrogen-bond donors (Lipinski definition) is 0. The Bertz CT molecular complexity index is 392. The average Bonchev–Trinajstić information content (AvgIpc) is 2.31. The van der Waals surface area contributed by atoms with Crippen LogP contribution in [0, 0.1) is 11.3 Å². The Morgan fingerprint density at radius 2 is 2.06 bits per heavy atom. The second kappa shape index (κ2) is 5.76. The van der Waals surface area contributed by atoms with Gasteiger partial charge in [0.25, 0.3) is 0 Å². The third-order valence-corrected chi connectivity index (χ3v) is 2.10. The van der Waals surface area contributed by atoms with Crippen LogP contribution in [0.5, 0.6) is 5.75 Å². The molecule has 84 valence electrons. The summed E-state index contributed by atoms with van der Waals surface area (Å²) in [6.45, 7) is 2.98. The summed E-state index contributed by atoms with van der Waals surface area (Å²) in [5.74, 6) is 0.273. The van der Waals surface area contributed by atoms with Crippen LogP contribution in [0.3, 0.4) is 0 Å². The highest BCUT2D eigenvalue weighted by Crippen LogP contribution is 2.13. The first-order valence-electron chi connectivity index (χ1n) is 5.04. The minimum absolute atomic E-state index is 0.429. The lowest BCUT2D eigenvalue weighted by atomic mass is 10.2. The molecule has 0 heterocycles. The van der Waals surface area contributed by atoms with E-state index in [-0.39, 0.29) is 0 Å². The van der Waals surface area contributed by atoms with Crippen molar-refractivity contribution in [2.75, 3.05) is 13.7 Å². The molecular formula is C12H14N2O2. The third kappa shape index (κ3) is 3.28. The number of carbonyl (C=O) groups excluding carboxylic acids is 1. The van der Waals surface area contributed by atoms with Gasteiger partial charge in [0.2, 0.25) is 0 Å². The molecule has 0 radical (unpaired) electrons. The SMILES string of the molecule is CCOc1ccc(CN(C)C(=O)C#N)cc1. The molecule has 0 aliphatic heterocycles. The van der Waals surface area contributed by atoms with Crippen LogP contribution in [0.1, 0.15) is 12.5 Å². The van der Waals surface area contributed by atoms with Gasteiger partial charge in [-0.05, 0) is 24.6 Å². The Kier molecular flexibility index (Phi) is 4.34. The molecule has 0 saturated heterocycles. The maximum atomic E-state index is 11.0. The molecular weight excluding hydrogens is 204 g/mol. The molecule has 1 rings (SSSR count). The molecule has 1 aromatic carbocycles. The Morgan fingerprint density at radius 3 is 2.56 bits per heavy atom. The van der Waals surface area contributed by atoms with Crippen molar-refractivity contribution in [3.8, 4) is 11.8 Å². The molecule has 0 aliphatic carbocycles. The van der Waals surface area contributed by atoms with Gasteiger partial charge in [0.05, 0.1) is 6.61 Å². The number of ether oxygens (including phenoxy) is 1. The van der Waals surface area contributed by atoms with Gasteiger partial charge in [-0.15, -0.1) is 0 Å². The summed E-state index contributed by atoms with van der Waals surface area (Å²) in [6, 6.07) is 9.04. The van der Waals surface area contributed by atoms with Crippen LogP contribution in [-0.4, -0.2) is 24.5 Å². The standard InChI is InChI=1S/C12H14N2O2/c1-3-16-11-6-4-10(5-7-11)9-14(2)12(15)8-13/h4-7H,3,9H2,1-2H3. The van der Waals surface area contributed by atoms with E-state index >= 15 is 0 Å². The zero-order valence-electron chi connectivity index (χ0n) is 9.43. The summed E-state index contributed by atoms with van der Waals surface area (Å²) in [4.78, 5) is 12.4. The molecule has 4 nitrogen and oxygen atoms in total. The largest absolute Gasteiger partial charge is 0.494 e. The van der Waals surface area contributed by atoms with Gasteiger partial charge in [-0.25, -0.2) is 0 Å². The van der Waals surface area contributed by atoms with Crippen LogP contribution < -0.4 is 4.74 Å². The van der Waals surface area contributed by atoms with Crippen LogP contribution in [0.15, 0.2) is 24.3 Å². The van der Waals surface area contributed by atoms with Gasteiger partial charge >= 0.3 is 5.91 Å². The van der Waals surface area contributed by atoms with Crippen LogP contribution in [-0.2, 0) is 11.3 Å². The molecule has 16 heavy (non-hydrogen) atoms. The van der Waals surface area contributed by atoms with Crippen molar-refractivity contribution in [2.45, 2.75) is 13.5 Å². The minimum atomic E-state index is -0.533. The predicted octanol–water partition coefficient (Wildman–Crippen LogP) is 1.57. The van der Waals surface area contributed by atoms with E-state index in [9.17, 15) is 4.79 Å². The molecule has 0 aliphatic rings. The maximum Gasteiger partial charge on any atom is 0.325 e. The topological polar surface area (TPSA) is 53.3 Å². The predicted molar refractivity (Wildman–Crippen MR) is 59.7 cm³/mol.